The molecule has 0 aliphatic rings. The summed E-state index contributed by atoms with van der Waals surface area (Å²) in [7, 11) is -2.32. The first kappa shape index (κ1) is 14.5. The van der Waals surface area contributed by atoms with Crippen molar-refractivity contribution >= 4 is 27.6 Å². The van der Waals surface area contributed by atoms with Gasteiger partial charge in [-0.15, -0.1) is 0 Å². The van der Waals surface area contributed by atoms with Gasteiger partial charge in [0, 0.05) is 16.8 Å². The van der Waals surface area contributed by atoms with E-state index in [-0.39, 0.29) is 16.7 Å². The third kappa shape index (κ3) is 3.37. The molecule has 2 rings (SSSR count). The first-order chi connectivity index (χ1) is 9.40. The van der Waals surface area contributed by atoms with Crippen molar-refractivity contribution in [3.8, 4) is 5.88 Å². The second-order valence-electron chi connectivity index (χ2n) is 3.93. The summed E-state index contributed by atoms with van der Waals surface area (Å²) in [6, 6.07) is 7.39. The van der Waals surface area contributed by atoms with Gasteiger partial charge in [-0.3, -0.25) is 0 Å². The number of nitrogens with one attached hydrogen (secondary N) is 1. The topological polar surface area (TPSA) is 81.2 Å². The SMILES string of the molecule is COc1cc(C)nc(NS(=O)(=O)c2ccc(Cl)cc2)n1. The van der Waals surface area contributed by atoms with Crippen molar-refractivity contribution in [3.05, 3.63) is 41.0 Å². The largest absolute Gasteiger partial charge is 0.481 e. The highest BCUT2D eigenvalue weighted by Crippen LogP contribution is 2.18. The van der Waals surface area contributed by atoms with Gasteiger partial charge in [-0.2, -0.15) is 4.98 Å². The maximum absolute atomic E-state index is 12.1. The summed E-state index contributed by atoms with van der Waals surface area (Å²) in [5, 5.41) is 0.456. The Morgan fingerprint density at radius 2 is 1.85 bits per heavy atom. The molecule has 0 radical (unpaired) electrons. The van der Waals surface area contributed by atoms with E-state index in [1.54, 1.807) is 13.0 Å². The Balaban J connectivity index is 2.33. The van der Waals surface area contributed by atoms with Crippen molar-refractivity contribution in [2.24, 2.45) is 0 Å². The summed E-state index contributed by atoms with van der Waals surface area (Å²) in [5.41, 5.74) is 0.589. The Bertz CT molecular complexity index is 717. The molecule has 0 fully saturated rings. The number of benzene rings is 1. The van der Waals surface area contributed by atoms with E-state index in [1.165, 1.54) is 31.4 Å². The zero-order valence-electron chi connectivity index (χ0n) is 10.8. The number of halogens is 1. The predicted octanol–water partition coefficient (Wildman–Crippen LogP) is 2.25. The molecule has 0 bridgehead atoms. The number of aromatic nitrogens is 2. The number of ether oxygens (including phenoxy) is 1. The van der Waals surface area contributed by atoms with Gasteiger partial charge in [0.05, 0.1) is 12.0 Å². The number of sulfonamides is 1. The number of hydrogen-bond acceptors (Lipinski definition) is 5. The van der Waals surface area contributed by atoms with Gasteiger partial charge in [0.25, 0.3) is 10.0 Å². The Hall–Kier alpha value is -1.86. The van der Waals surface area contributed by atoms with Crippen LogP contribution in [0.5, 0.6) is 5.88 Å². The molecular formula is C12H12ClN3O3S. The second kappa shape index (κ2) is 5.64. The maximum atomic E-state index is 12.1. The average Bonchev–Trinajstić information content (AvgIpc) is 2.37. The summed E-state index contributed by atoms with van der Waals surface area (Å²) in [6.45, 7) is 1.71. The molecule has 0 aliphatic carbocycles. The lowest BCUT2D eigenvalue weighted by Crippen LogP contribution is -2.15. The Labute approximate surface area is 121 Å². The first-order valence-electron chi connectivity index (χ1n) is 5.59. The number of anilines is 1. The number of rotatable bonds is 4. The van der Waals surface area contributed by atoms with Crippen molar-refractivity contribution in [1.29, 1.82) is 0 Å². The lowest BCUT2D eigenvalue weighted by Gasteiger charge is -2.08. The van der Waals surface area contributed by atoms with Gasteiger partial charge in [-0.1, -0.05) is 11.6 Å². The smallest absolute Gasteiger partial charge is 0.264 e. The molecule has 0 amide bonds. The van der Waals surface area contributed by atoms with Crippen LogP contribution in [0.2, 0.25) is 5.02 Å². The Morgan fingerprint density at radius 3 is 2.45 bits per heavy atom. The van der Waals surface area contributed by atoms with Crippen molar-refractivity contribution in [2.75, 3.05) is 11.8 Å². The molecule has 0 spiro atoms. The fraction of sp³-hybridized carbons (Fsp3) is 0.167. The molecule has 1 aromatic carbocycles. The monoisotopic (exact) mass is 313 g/mol. The molecule has 0 saturated heterocycles. The second-order valence-corrected chi connectivity index (χ2v) is 6.05. The first-order valence-corrected chi connectivity index (χ1v) is 7.45. The van der Waals surface area contributed by atoms with Crippen LogP contribution in [0.1, 0.15) is 5.69 Å². The van der Waals surface area contributed by atoms with Crippen LogP contribution in [0.15, 0.2) is 35.2 Å². The van der Waals surface area contributed by atoms with E-state index >= 15 is 0 Å². The number of hydrogen-bond donors (Lipinski definition) is 1. The average molecular weight is 314 g/mol. The minimum Gasteiger partial charge on any atom is -0.481 e. The number of aryl methyl sites for hydroxylation is 1. The Kier molecular flexibility index (Phi) is 4.10. The zero-order chi connectivity index (χ0) is 14.8. The zero-order valence-corrected chi connectivity index (χ0v) is 12.4. The molecule has 1 N–H and O–H groups in total. The predicted molar refractivity (Wildman–Crippen MR) is 75.6 cm³/mol. The highest BCUT2D eigenvalue weighted by atomic mass is 35.5. The fourth-order valence-electron chi connectivity index (χ4n) is 1.48. The van der Waals surface area contributed by atoms with E-state index in [2.05, 4.69) is 14.7 Å². The van der Waals surface area contributed by atoms with E-state index in [1.807, 2.05) is 0 Å². The molecule has 1 heterocycles. The molecule has 0 aliphatic heterocycles. The summed E-state index contributed by atoms with van der Waals surface area (Å²) >= 11 is 5.73. The number of methoxy groups -OCH3 is 1. The minimum absolute atomic E-state index is 0.0446. The normalized spacial score (nSPS) is 11.2. The van der Waals surface area contributed by atoms with Crippen LogP contribution >= 0.6 is 11.6 Å². The van der Waals surface area contributed by atoms with Crippen LogP contribution in [0.25, 0.3) is 0 Å². The van der Waals surface area contributed by atoms with E-state index < -0.39 is 10.0 Å². The third-order valence-corrected chi connectivity index (χ3v) is 3.99. The van der Waals surface area contributed by atoms with E-state index in [0.717, 1.165) is 0 Å². The molecule has 1 aromatic heterocycles. The van der Waals surface area contributed by atoms with Gasteiger partial charge in [-0.05, 0) is 31.2 Å². The maximum Gasteiger partial charge on any atom is 0.264 e. The summed E-state index contributed by atoms with van der Waals surface area (Å²) in [5.74, 6) is 0.239. The molecule has 20 heavy (non-hydrogen) atoms. The van der Waals surface area contributed by atoms with Crippen LogP contribution in [-0.2, 0) is 10.0 Å². The molecular weight excluding hydrogens is 302 g/mol. The number of nitrogens with zero attached hydrogens (tertiary/aromatic N) is 2. The molecule has 106 valence electrons. The van der Waals surface area contributed by atoms with E-state index in [4.69, 9.17) is 16.3 Å². The van der Waals surface area contributed by atoms with Crippen molar-refractivity contribution in [1.82, 2.24) is 9.97 Å². The molecule has 6 nitrogen and oxygen atoms in total. The molecule has 0 saturated carbocycles. The molecule has 0 atom stereocenters. The Morgan fingerprint density at radius 1 is 1.20 bits per heavy atom. The fourth-order valence-corrected chi connectivity index (χ4v) is 2.55. The van der Waals surface area contributed by atoms with Crippen molar-refractivity contribution in [3.63, 3.8) is 0 Å². The van der Waals surface area contributed by atoms with Gasteiger partial charge in [0.2, 0.25) is 11.8 Å². The van der Waals surface area contributed by atoms with Gasteiger partial charge < -0.3 is 4.74 Å². The van der Waals surface area contributed by atoms with Crippen LogP contribution in [0.3, 0.4) is 0 Å². The quantitative estimate of drug-likeness (QED) is 0.936. The minimum atomic E-state index is -3.76. The van der Waals surface area contributed by atoms with Gasteiger partial charge >= 0.3 is 0 Å². The highest BCUT2D eigenvalue weighted by molar-refractivity contribution is 7.92. The summed E-state index contributed by atoms with van der Waals surface area (Å²) in [6.07, 6.45) is 0. The lowest BCUT2D eigenvalue weighted by molar-refractivity contribution is 0.397. The van der Waals surface area contributed by atoms with Gasteiger partial charge in [0.1, 0.15) is 0 Å². The molecule has 0 unspecified atom stereocenters. The lowest BCUT2D eigenvalue weighted by atomic mass is 10.4. The van der Waals surface area contributed by atoms with E-state index in [9.17, 15) is 8.42 Å². The summed E-state index contributed by atoms with van der Waals surface area (Å²) in [4.78, 5) is 8.01. The molecule has 2 aromatic rings. The van der Waals surface area contributed by atoms with Crippen molar-refractivity contribution in [2.45, 2.75) is 11.8 Å². The summed E-state index contributed by atoms with van der Waals surface area (Å²) < 4.78 is 31.6. The van der Waals surface area contributed by atoms with Crippen LogP contribution in [-0.4, -0.2) is 25.5 Å². The van der Waals surface area contributed by atoms with E-state index in [0.29, 0.717) is 10.7 Å². The molecule has 8 heteroatoms. The van der Waals surface area contributed by atoms with Crippen molar-refractivity contribution < 1.29 is 13.2 Å². The van der Waals surface area contributed by atoms with Crippen LogP contribution in [0.4, 0.5) is 5.95 Å². The highest BCUT2D eigenvalue weighted by Gasteiger charge is 2.16. The van der Waals surface area contributed by atoms with Gasteiger partial charge in [-0.25, -0.2) is 18.1 Å². The standard InChI is InChI=1S/C12H12ClN3O3S/c1-8-7-11(19-2)15-12(14-8)16-20(17,18)10-5-3-9(13)4-6-10/h3-7H,1-2H3,(H,14,15,16). The third-order valence-electron chi connectivity index (χ3n) is 2.39. The van der Waals surface area contributed by atoms with Crippen LogP contribution < -0.4 is 9.46 Å². The van der Waals surface area contributed by atoms with Gasteiger partial charge in [0.15, 0.2) is 0 Å². The van der Waals surface area contributed by atoms with Crippen LogP contribution in [0, 0.1) is 6.92 Å².